The molecule has 0 saturated carbocycles. The smallest absolute Gasteiger partial charge is 0.411 e. The highest BCUT2D eigenvalue weighted by Gasteiger charge is 2.22. The van der Waals surface area contributed by atoms with Crippen molar-refractivity contribution in [3.63, 3.8) is 0 Å². The maximum Gasteiger partial charge on any atom is 0.411 e. The zero-order chi connectivity index (χ0) is 20.5. The third-order valence-corrected chi connectivity index (χ3v) is 4.92. The van der Waals surface area contributed by atoms with Gasteiger partial charge in [0.05, 0.1) is 37.0 Å². The lowest BCUT2D eigenvalue weighted by molar-refractivity contribution is -0.838. The van der Waals surface area contributed by atoms with E-state index in [1.165, 1.54) is 4.90 Å². The van der Waals surface area contributed by atoms with Gasteiger partial charge < -0.3 is 26.8 Å². The van der Waals surface area contributed by atoms with Crippen molar-refractivity contribution in [1.82, 2.24) is 4.90 Å². The quantitative estimate of drug-likeness (QED) is 0.591. The van der Waals surface area contributed by atoms with E-state index >= 15 is 0 Å². The number of hydrogen-bond donors (Lipinski definition) is 2. The van der Waals surface area contributed by atoms with Gasteiger partial charge in [0.2, 0.25) is 0 Å². The van der Waals surface area contributed by atoms with Crippen LogP contribution in [0.25, 0.3) is 0 Å². The Morgan fingerprint density at radius 3 is 2.70 bits per heavy atom. The standard InChI is InChI=1S/C22H26N4O3.ClH/c1-2-28-21-9-4-3-8-20(21)24-22(27)29-15-14-25-10-12-26(13-11-25)19-7-5-6-18(16-19)17-23;/h3-9,16H,2,10-15H2,1H3,(H,24,27);1H. The zero-order valence-corrected chi connectivity index (χ0v) is 17.8. The molecule has 1 heterocycles. The van der Waals surface area contributed by atoms with Crippen LogP contribution in [0.1, 0.15) is 12.5 Å². The SMILES string of the molecule is CCOc1ccccc1NC(=O)OCCN1CC[NH+](c2cccc(C#N)c2)CC1.[Cl-]. The largest absolute Gasteiger partial charge is 1.00 e. The Balaban J connectivity index is 0.00000320. The minimum Gasteiger partial charge on any atom is -1.00 e. The molecule has 1 saturated heterocycles. The van der Waals surface area contributed by atoms with E-state index in [9.17, 15) is 4.79 Å². The van der Waals surface area contributed by atoms with E-state index in [0.29, 0.717) is 36.8 Å². The maximum atomic E-state index is 12.1. The number of nitrogens with zero attached hydrogens (tertiary/aromatic N) is 2. The molecule has 1 aliphatic rings. The summed E-state index contributed by atoms with van der Waals surface area (Å²) in [6.07, 6.45) is -0.477. The number of amides is 1. The average Bonchev–Trinajstić information content (AvgIpc) is 2.76. The van der Waals surface area contributed by atoms with Crippen LogP contribution in [0, 0.1) is 11.3 Å². The van der Waals surface area contributed by atoms with Crippen LogP contribution >= 0.6 is 0 Å². The van der Waals surface area contributed by atoms with Gasteiger partial charge in [-0.3, -0.25) is 10.2 Å². The molecule has 7 nitrogen and oxygen atoms in total. The van der Waals surface area contributed by atoms with E-state index < -0.39 is 6.09 Å². The van der Waals surface area contributed by atoms with Crippen molar-refractivity contribution in [3.05, 3.63) is 54.1 Å². The number of para-hydroxylation sites is 2. The first kappa shape index (κ1) is 23.5. The summed E-state index contributed by atoms with van der Waals surface area (Å²) in [5, 5.41) is 11.8. The van der Waals surface area contributed by atoms with E-state index in [-0.39, 0.29) is 12.4 Å². The first-order valence-corrected chi connectivity index (χ1v) is 9.92. The van der Waals surface area contributed by atoms with Gasteiger partial charge in [0.1, 0.15) is 18.0 Å². The molecule has 0 bridgehead atoms. The molecule has 1 amide bonds. The van der Waals surface area contributed by atoms with Crippen molar-refractivity contribution in [2.24, 2.45) is 0 Å². The molecule has 2 aromatic rings. The summed E-state index contributed by atoms with van der Waals surface area (Å²) < 4.78 is 10.8. The lowest BCUT2D eigenvalue weighted by Gasteiger charge is -2.31. The molecule has 8 heteroatoms. The lowest BCUT2D eigenvalue weighted by atomic mass is 10.2. The van der Waals surface area contributed by atoms with E-state index in [4.69, 9.17) is 14.7 Å². The molecule has 0 aromatic heterocycles. The van der Waals surface area contributed by atoms with E-state index in [2.05, 4.69) is 22.4 Å². The number of ether oxygens (including phenoxy) is 2. The number of nitrogens with one attached hydrogen (secondary N) is 2. The number of anilines is 1. The zero-order valence-electron chi connectivity index (χ0n) is 17.1. The van der Waals surface area contributed by atoms with E-state index in [1.54, 1.807) is 6.07 Å². The molecule has 0 radical (unpaired) electrons. The molecule has 30 heavy (non-hydrogen) atoms. The van der Waals surface area contributed by atoms with Crippen LogP contribution in [0.2, 0.25) is 0 Å². The van der Waals surface area contributed by atoms with Gasteiger partial charge in [-0.25, -0.2) is 4.79 Å². The molecule has 2 N–H and O–H groups in total. The van der Waals surface area contributed by atoms with Crippen molar-refractivity contribution in [2.75, 3.05) is 51.3 Å². The Morgan fingerprint density at radius 1 is 1.20 bits per heavy atom. The van der Waals surface area contributed by atoms with Gasteiger partial charge in [-0.2, -0.15) is 5.26 Å². The molecule has 0 atom stereocenters. The highest BCUT2D eigenvalue weighted by atomic mass is 35.5. The van der Waals surface area contributed by atoms with Gasteiger partial charge in [-0.1, -0.05) is 18.2 Å². The van der Waals surface area contributed by atoms with E-state index in [0.717, 1.165) is 31.9 Å². The highest BCUT2D eigenvalue weighted by Crippen LogP contribution is 2.23. The lowest BCUT2D eigenvalue weighted by Crippen LogP contribution is -3.10. The second kappa shape index (κ2) is 12.0. The average molecular weight is 431 g/mol. The summed E-state index contributed by atoms with van der Waals surface area (Å²) in [6, 6.07) is 17.3. The van der Waals surface area contributed by atoms with Crippen LogP contribution in [-0.2, 0) is 4.74 Å². The second-order valence-electron chi connectivity index (χ2n) is 6.83. The minimum absolute atomic E-state index is 0. The molecule has 1 aliphatic heterocycles. The third-order valence-electron chi connectivity index (χ3n) is 4.92. The van der Waals surface area contributed by atoms with Crippen LogP contribution in [0.15, 0.2) is 48.5 Å². The number of piperazine rings is 1. The van der Waals surface area contributed by atoms with Crippen molar-refractivity contribution >= 4 is 17.5 Å². The second-order valence-corrected chi connectivity index (χ2v) is 6.83. The fraction of sp³-hybridized carbons (Fsp3) is 0.364. The number of quaternary nitrogens is 1. The van der Waals surface area contributed by atoms with Crippen LogP contribution in [0.5, 0.6) is 5.75 Å². The Bertz CT molecular complexity index is 863. The fourth-order valence-corrected chi connectivity index (χ4v) is 3.41. The normalized spacial score (nSPS) is 14.3. The van der Waals surface area contributed by atoms with Crippen molar-refractivity contribution in [1.29, 1.82) is 5.26 Å². The summed E-state index contributed by atoms with van der Waals surface area (Å²) in [4.78, 5) is 15.7. The summed E-state index contributed by atoms with van der Waals surface area (Å²) in [6.45, 7) is 7.23. The number of rotatable bonds is 7. The molecule has 0 spiro atoms. The third kappa shape index (κ3) is 6.63. The van der Waals surface area contributed by atoms with Gasteiger partial charge >= 0.3 is 6.09 Å². The van der Waals surface area contributed by atoms with Crippen LogP contribution < -0.4 is 27.4 Å². The molecule has 0 aliphatic carbocycles. The Labute approximate surface area is 183 Å². The van der Waals surface area contributed by atoms with E-state index in [1.807, 2.05) is 43.3 Å². The fourth-order valence-electron chi connectivity index (χ4n) is 3.41. The number of carbonyl (C=O) groups is 1. The topological polar surface area (TPSA) is 79.0 Å². The number of nitriles is 1. The Morgan fingerprint density at radius 2 is 1.97 bits per heavy atom. The Kier molecular flexibility index (Phi) is 9.42. The molecular formula is C22H27ClN4O3. The molecule has 0 unspecified atom stereocenters. The summed E-state index contributed by atoms with van der Waals surface area (Å²) in [5.74, 6) is 0.631. The van der Waals surface area contributed by atoms with Crippen molar-refractivity contribution in [3.8, 4) is 11.8 Å². The number of carbonyl (C=O) groups excluding carboxylic acids is 1. The predicted octanol–water partition coefficient (Wildman–Crippen LogP) is -0.958. The van der Waals surface area contributed by atoms with Crippen LogP contribution in [0.3, 0.4) is 0 Å². The van der Waals surface area contributed by atoms with Gasteiger partial charge in [-0.15, -0.1) is 0 Å². The predicted molar refractivity (Wildman–Crippen MR) is 111 cm³/mol. The van der Waals surface area contributed by atoms with Crippen molar-refractivity contribution in [2.45, 2.75) is 6.92 Å². The molecule has 160 valence electrons. The first-order chi connectivity index (χ1) is 14.2. The van der Waals surface area contributed by atoms with Gasteiger partial charge in [0, 0.05) is 25.7 Å². The number of hydrogen-bond acceptors (Lipinski definition) is 5. The van der Waals surface area contributed by atoms with Gasteiger partial charge in [0.25, 0.3) is 0 Å². The van der Waals surface area contributed by atoms with Gasteiger partial charge in [-0.05, 0) is 31.2 Å². The summed E-state index contributed by atoms with van der Waals surface area (Å²) in [7, 11) is 0. The molecular weight excluding hydrogens is 404 g/mol. The van der Waals surface area contributed by atoms with Crippen LogP contribution in [0.4, 0.5) is 16.2 Å². The van der Waals surface area contributed by atoms with Gasteiger partial charge in [0.15, 0.2) is 0 Å². The molecule has 1 fully saturated rings. The van der Waals surface area contributed by atoms with Crippen LogP contribution in [-0.4, -0.2) is 56.9 Å². The first-order valence-electron chi connectivity index (χ1n) is 9.92. The summed E-state index contributed by atoms with van der Waals surface area (Å²) in [5.41, 5.74) is 2.46. The molecule has 2 aromatic carbocycles. The Hall–Kier alpha value is -2.79. The van der Waals surface area contributed by atoms with Crippen molar-refractivity contribution < 1.29 is 31.6 Å². The maximum absolute atomic E-state index is 12.1. The number of benzene rings is 2. The molecule has 3 rings (SSSR count). The number of halogens is 1. The highest BCUT2D eigenvalue weighted by molar-refractivity contribution is 5.86. The summed E-state index contributed by atoms with van der Waals surface area (Å²) >= 11 is 0. The minimum atomic E-state index is -0.477. The monoisotopic (exact) mass is 430 g/mol.